The van der Waals surface area contributed by atoms with Crippen LogP contribution in [0, 0.1) is 0 Å². The third-order valence-corrected chi connectivity index (χ3v) is 4.23. The number of carboxylic acid groups (broad SMARTS) is 1. The molecule has 0 unspecified atom stereocenters. The topological polar surface area (TPSA) is 77.9 Å². The number of hydrogen-bond acceptors (Lipinski definition) is 5. The highest BCUT2D eigenvalue weighted by Gasteiger charge is 2.32. The number of halogens is 4. The predicted molar refractivity (Wildman–Crippen MR) is 102 cm³/mol. The van der Waals surface area contributed by atoms with Gasteiger partial charge in [-0.15, -0.1) is 0 Å². The van der Waals surface area contributed by atoms with Gasteiger partial charge in [0.15, 0.2) is 0 Å². The Morgan fingerprint density at radius 2 is 2.03 bits per heavy atom. The summed E-state index contributed by atoms with van der Waals surface area (Å²) in [6.45, 7) is 0.702. The second-order valence-electron chi connectivity index (χ2n) is 6.40. The second kappa shape index (κ2) is 9.36. The van der Waals surface area contributed by atoms with Crippen molar-refractivity contribution in [1.82, 2.24) is 4.98 Å². The number of aliphatic carboxylic acids is 1. The number of ether oxygens (including phenoxy) is 3. The molecule has 1 N–H and O–H groups in total. The first kappa shape index (κ1) is 21.9. The van der Waals surface area contributed by atoms with Gasteiger partial charge < -0.3 is 19.3 Å². The fourth-order valence-electron chi connectivity index (χ4n) is 2.36. The maximum Gasteiger partial charge on any atom is 0.417 e. The average molecular weight is 444 g/mol. The molecule has 1 fully saturated rings. The van der Waals surface area contributed by atoms with Crippen molar-refractivity contribution in [2.24, 2.45) is 0 Å². The lowest BCUT2D eigenvalue weighted by Crippen LogP contribution is -2.08. The molecule has 10 heteroatoms. The van der Waals surface area contributed by atoms with E-state index in [1.165, 1.54) is 12.1 Å². The first-order valence-corrected chi connectivity index (χ1v) is 9.30. The molecule has 1 saturated carbocycles. The zero-order valence-corrected chi connectivity index (χ0v) is 16.2. The van der Waals surface area contributed by atoms with Crippen molar-refractivity contribution in [3.05, 3.63) is 52.7 Å². The van der Waals surface area contributed by atoms with Gasteiger partial charge >= 0.3 is 12.1 Å². The van der Waals surface area contributed by atoms with E-state index in [-0.39, 0.29) is 16.7 Å². The van der Waals surface area contributed by atoms with Gasteiger partial charge in [0.1, 0.15) is 23.1 Å². The SMILES string of the molecule is O=C(O)/C=C/c1ccc(OCCOC2CC2)cc1Oc1ncc(C(F)(F)F)cc1Cl. The highest BCUT2D eigenvalue weighted by molar-refractivity contribution is 6.31. The zero-order chi connectivity index (χ0) is 21.7. The standard InChI is InChI=1S/C20H17ClF3NO5/c21-16-9-13(20(22,23)24)11-25-19(16)30-17-10-15(29-8-7-28-14-4-5-14)3-1-12(17)2-6-18(26)27/h1-3,6,9-11,14H,4-5,7-8H2,(H,26,27)/b6-2+. The van der Waals surface area contributed by atoms with E-state index in [9.17, 15) is 18.0 Å². The van der Waals surface area contributed by atoms with Gasteiger partial charge in [-0.25, -0.2) is 9.78 Å². The molecule has 0 spiro atoms. The highest BCUT2D eigenvalue weighted by atomic mass is 35.5. The Hall–Kier alpha value is -2.78. The first-order chi connectivity index (χ1) is 14.2. The van der Waals surface area contributed by atoms with Gasteiger partial charge in [0, 0.05) is 23.9 Å². The summed E-state index contributed by atoms with van der Waals surface area (Å²) in [4.78, 5) is 14.5. The third-order valence-electron chi connectivity index (χ3n) is 3.96. The molecular weight excluding hydrogens is 427 g/mol. The molecule has 2 aromatic rings. The number of carboxylic acids is 1. The van der Waals surface area contributed by atoms with E-state index < -0.39 is 17.7 Å². The number of rotatable bonds is 9. The summed E-state index contributed by atoms with van der Waals surface area (Å²) >= 11 is 5.90. The normalized spacial score (nSPS) is 14.1. The first-order valence-electron chi connectivity index (χ1n) is 8.92. The van der Waals surface area contributed by atoms with Gasteiger partial charge in [0.25, 0.3) is 0 Å². The Morgan fingerprint density at radius 3 is 2.67 bits per heavy atom. The van der Waals surface area contributed by atoms with E-state index in [1.807, 2.05) is 0 Å². The van der Waals surface area contributed by atoms with Gasteiger partial charge in [0.05, 0.1) is 18.3 Å². The maximum absolute atomic E-state index is 12.8. The van der Waals surface area contributed by atoms with E-state index in [1.54, 1.807) is 12.1 Å². The van der Waals surface area contributed by atoms with Crippen LogP contribution in [0.15, 0.2) is 36.5 Å². The summed E-state index contributed by atoms with van der Waals surface area (Å²) in [7, 11) is 0. The van der Waals surface area contributed by atoms with Crippen LogP contribution in [0.3, 0.4) is 0 Å². The number of hydrogen-bond donors (Lipinski definition) is 1. The van der Waals surface area contributed by atoms with Crippen molar-refractivity contribution >= 4 is 23.6 Å². The van der Waals surface area contributed by atoms with Crippen molar-refractivity contribution in [2.45, 2.75) is 25.1 Å². The summed E-state index contributed by atoms with van der Waals surface area (Å²) in [5.74, 6) is -0.921. The van der Waals surface area contributed by atoms with Crippen LogP contribution in [-0.2, 0) is 15.7 Å². The predicted octanol–water partition coefficient (Wildman–Crippen LogP) is 5.20. The lowest BCUT2D eigenvalue weighted by molar-refractivity contribution is -0.138. The van der Waals surface area contributed by atoms with Gasteiger partial charge in [-0.2, -0.15) is 13.2 Å². The lowest BCUT2D eigenvalue weighted by Gasteiger charge is -2.13. The van der Waals surface area contributed by atoms with Crippen LogP contribution in [-0.4, -0.2) is 35.4 Å². The Labute approximate surface area is 174 Å². The quantitative estimate of drug-likeness (QED) is 0.424. The molecule has 0 aliphatic heterocycles. The molecule has 160 valence electrons. The highest BCUT2D eigenvalue weighted by Crippen LogP contribution is 2.36. The fourth-order valence-corrected chi connectivity index (χ4v) is 2.57. The molecule has 1 aromatic heterocycles. The number of pyridine rings is 1. The smallest absolute Gasteiger partial charge is 0.417 e. The molecule has 0 radical (unpaired) electrons. The number of carbonyl (C=O) groups is 1. The summed E-state index contributed by atoms with van der Waals surface area (Å²) in [5.41, 5.74) is -0.671. The zero-order valence-electron chi connectivity index (χ0n) is 15.5. The van der Waals surface area contributed by atoms with Crippen LogP contribution >= 0.6 is 11.6 Å². The Balaban J connectivity index is 1.80. The monoisotopic (exact) mass is 443 g/mol. The Morgan fingerprint density at radius 1 is 1.27 bits per heavy atom. The Kier molecular flexibility index (Phi) is 6.84. The van der Waals surface area contributed by atoms with Crippen molar-refractivity contribution in [3.63, 3.8) is 0 Å². The van der Waals surface area contributed by atoms with Gasteiger partial charge in [-0.3, -0.25) is 0 Å². The molecule has 0 saturated heterocycles. The molecule has 0 bridgehead atoms. The van der Waals surface area contributed by atoms with Gasteiger partial charge in [-0.1, -0.05) is 11.6 Å². The molecule has 0 atom stereocenters. The van der Waals surface area contributed by atoms with Crippen molar-refractivity contribution in [2.75, 3.05) is 13.2 Å². The fraction of sp³-hybridized carbons (Fsp3) is 0.300. The molecule has 1 aliphatic carbocycles. The third kappa shape index (κ3) is 6.36. The molecule has 1 aliphatic rings. The molecule has 1 aromatic carbocycles. The van der Waals surface area contributed by atoms with E-state index in [0.717, 1.165) is 18.9 Å². The number of nitrogens with zero attached hydrogens (tertiary/aromatic N) is 1. The van der Waals surface area contributed by atoms with Gasteiger partial charge in [-0.05, 0) is 37.1 Å². The molecule has 3 rings (SSSR count). The van der Waals surface area contributed by atoms with Crippen LogP contribution < -0.4 is 9.47 Å². The number of benzene rings is 1. The van der Waals surface area contributed by atoms with E-state index in [0.29, 0.717) is 42.9 Å². The molecule has 0 amide bonds. The van der Waals surface area contributed by atoms with Crippen LogP contribution in [0.1, 0.15) is 24.0 Å². The Bertz CT molecular complexity index is 945. The summed E-state index contributed by atoms with van der Waals surface area (Å²) < 4.78 is 55.0. The van der Waals surface area contributed by atoms with Crippen molar-refractivity contribution in [1.29, 1.82) is 0 Å². The second-order valence-corrected chi connectivity index (χ2v) is 6.81. The maximum atomic E-state index is 12.8. The van der Waals surface area contributed by atoms with Crippen LogP contribution in [0.5, 0.6) is 17.4 Å². The van der Waals surface area contributed by atoms with E-state index in [2.05, 4.69) is 4.98 Å². The van der Waals surface area contributed by atoms with Gasteiger partial charge in [0.2, 0.25) is 5.88 Å². The lowest BCUT2D eigenvalue weighted by atomic mass is 10.1. The molecular formula is C20H17ClF3NO5. The van der Waals surface area contributed by atoms with Crippen LogP contribution in [0.2, 0.25) is 5.02 Å². The average Bonchev–Trinajstić information content (AvgIpc) is 3.49. The van der Waals surface area contributed by atoms with Crippen LogP contribution in [0.4, 0.5) is 13.2 Å². The number of alkyl halides is 3. The molecule has 30 heavy (non-hydrogen) atoms. The van der Waals surface area contributed by atoms with E-state index in [4.69, 9.17) is 30.9 Å². The minimum atomic E-state index is -4.60. The minimum Gasteiger partial charge on any atom is -0.491 e. The molecule has 6 nitrogen and oxygen atoms in total. The van der Waals surface area contributed by atoms with Crippen LogP contribution in [0.25, 0.3) is 6.08 Å². The summed E-state index contributed by atoms with van der Waals surface area (Å²) in [5, 5.41) is 8.50. The van der Waals surface area contributed by atoms with E-state index >= 15 is 0 Å². The largest absolute Gasteiger partial charge is 0.491 e. The summed E-state index contributed by atoms with van der Waals surface area (Å²) in [6, 6.07) is 5.32. The van der Waals surface area contributed by atoms with Crippen molar-refractivity contribution in [3.8, 4) is 17.4 Å². The number of aromatic nitrogens is 1. The summed E-state index contributed by atoms with van der Waals surface area (Å²) in [6.07, 6.45) is 0.560. The van der Waals surface area contributed by atoms with Crippen molar-refractivity contribution < 1.29 is 37.3 Å². The minimum absolute atomic E-state index is 0.113. The molecule has 1 heterocycles.